The van der Waals surface area contributed by atoms with Crippen LogP contribution in [0, 0.1) is 11.3 Å². The zero-order valence-corrected chi connectivity index (χ0v) is 13.8. The molecule has 124 valence electrons. The van der Waals surface area contributed by atoms with E-state index < -0.39 is 0 Å². The molecule has 1 unspecified atom stereocenters. The second kappa shape index (κ2) is 6.71. The molecule has 2 aromatic heterocycles. The fourth-order valence-electron chi connectivity index (χ4n) is 2.84. The number of carbonyl (C=O) groups excluding carboxylic acids is 1. The topological polar surface area (TPSA) is 84.0 Å². The first-order chi connectivity index (χ1) is 11.6. The standard InChI is InChI=1S/C17H19N5O2/c1-3-15-14(11-21(2)20-15)17(23)22-7-6-13(10-22)24-16-5-4-12(8-18)9-19-16/h4-5,9,11,13H,3,6-7,10H2,1-2H3. The van der Waals surface area contributed by atoms with Crippen molar-refractivity contribution in [3.8, 4) is 11.9 Å². The van der Waals surface area contributed by atoms with Crippen molar-refractivity contribution in [2.45, 2.75) is 25.9 Å². The number of amides is 1. The number of hydrogen-bond acceptors (Lipinski definition) is 5. The third-order valence-corrected chi connectivity index (χ3v) is 4.06. The predicted octanol–water partition coefficient (Wildman–Crippen LogP) is 1.54. The molecule has 0 aromatic carbocycles. The monoisotopic (exact) mass is 325 g/mol. The average molecular weight is 325 g/mol. The highest BCUT2D eigenvalue weighted by atomic mass is 16.5. The minimum Gasteiger partial charge on any atom is -0.472 e. The van der Waals surface area contributed by atoms with Crippen LogP contribution in [0.3, 0.4) is 0 Å². The summed E-state index contributed by atoms with van der Waals surface area (Å²) in [5, 5.41) is 13.1. The Morgan fingerprint density at radius 3 is 3.00 bits per heavy atom. The molecule has 3 rings (SSSR count). The van der Waals surface area contributed by atoms with Crippen LogP contribution >= 0.6 is 0 Å². The second-order valence-corrected chi connectivity index (χ2v) is 5.79. The first kappa shape index (κ1) is 16.0. The summed E-state index contributed by atoms with van der Waals surface area (Å²) in [6, 6.07) is 5.37. The zero-order valence-electron chi connectivity index (χ0n) is 13.8. The van der Waals surface area contributed by atoms with Gasteiger partial charge < -0.3 is 9.64 Å². The van der Waals surface area contributed by atoms with E-state index in [0.717, 1.165) is 18.5 Å². The Bertz CT molecular complexity index is 775. The normalized spacial score (nSPS) is 16.9. The number of nitriles is 1. The molecule has 1 aliphatic heterocycles. The molecule has 2 aromatic rings. The number of ether oxygens (including phenoxy) is 1. The molecule has 1 amide bonds. The summed E-state index contributed by atoms with van der Waals surface area (Å²) in [5.74, 6) is 0.475. The molecule has 7 nitrogen and oxygen atoms in total. The van der Waals surface area contributed by atoms with Crippen molar-refractivity contribution < 1.29 is 9.53 Å². The minimum atomic E-state index is -0.0869. The molecule has 1 atom stereocenters. The molecule has 1 fully saturated rings. The number of aryl methyl sites for hydroxylation is 2. The van der Waals surface area contributed by atoms with Crippen molar-refractivity contribution >= 4 is 5.91 Å². The van der Waals surface area contributed by atoms with E-state index in [0.29, 0.717) is 30.1 Å². The van der Waals surface area contributed by atoms with Crippen LogP contribution in [0.5, 0.6) is 5.88 Å². The van der Waals surface area contributed by atoms with E-state index in [1.54, 1.807) is 27.9 Å². The van der Waals surface area contributed by atoms with E-state index in [-0.39, 0.29) is 12.0 Å². The highest BCUT2D eigenvalue weighted by Crippen LogP contribution is 2.20. The number of aromatic nitrogens is 3. The van der Waals surface area contributed by atoms with Gasteiger partial charge in [-0.1, -0.05) is 6.92 Å². The van der Waals surface area contributed by atoms with Gasteiger partial charge in [-0.2, -0.15) is 10.4 Å². The van der Waals surface area contributed by atoms with Crippen molar-refractivity contribution in [3.05, 3.63) is 41.3 Å². The zero-order chi connectivity index (χ0) is 17.1. The third kappa shape index (κ3) is 3.23. The van der Waals surface area contributed by atoms with Crippen molar-refractivity contribution in [3.63, 3.8) is 0 Å². The molecule has 0 N–H and O–H groups in total. The van der Waals surface area contributed by atoms with E-state index in [1.807, 2.05) is 20.0 Å². The lowest BCUT2D eigenvalue weighted by Crippen LogP contribution is -2.31. The molecular weight excluding hydrogens is 306 g/mol. The third-order valence-electron chi connectivity index (χ3n) is 4.06. The molecule has 0 bridgehead atoms. The summed E-state index contributed by atoms with van der Waals surface area (Å²) < 4.78 is 7.49. The van der Waals surface area contributed by atoms with Crippen molar-refractivity contribution in [2.75, 3.05) is 13.1 Å². The fraction of sp³-hybridized carbons (Fsp3) is 0.412. The van der Waals surface area contributed by atoms with Crippen LogP contribution < -0.4 is 4.74 Å². The second-order valence-electron chi connectivity index (χ2n) is 5.79. The van der Waals surface area contributed by atoms with Gasteiger partial charge in [-0.05, 0) is 12.5 Å². The Balaban J connectivity index is 1.64. The average Bonchev–Trinajstić information content (AvgIpc) is 3.21. The lowest BCUT2D eigenvalue weighted by Gasteiger charge is -2.16. The van der Waals surface area contributed by atoms with Gasteiger partial charge in [0.25, 0.3) is 5.91 Å². The molecule has 0 radical (unpaired) electrons. The van der Waals surface area contributed by atoms with E-state index in [2.05, 4.69) is 10.1 Å². The summed E-state index contributed by atoms with van der Waals surface area (Å²) in [7, 11) is 1.82. The maximum absolute atomic E-state index is 12.7. The lowest BCUT2D eigenvalue weighted by atomic mass is 10.2. The molecule has 7 heteroatoms. The maximum atomic E-state index is 12.7. The Morgan fingerprint density at radius 1 is 1.50 bits per heavy atom. The Hall–Kier alpha value is -2.88. The molecule has 1 saturated heterocycles. The van der Waals surface area contributed by atoms with Crippen LogP contribution in [0.2, 0.25) is 0 Å². The van der Waals surface area contributed by atoms with E-state index in [4.69, 9.17) is 10.00 Å². The van der Waals surface area contributed by atoms with Crippen molar-refractivity contribution in [1.82, 2.24) is 19.7 Å². The highest BCUT2D eigenvalue weighted by Gasteiger charge is 2.30. The quantitative estimate of drug-likeness (QED) is 0.851. The molecule has 0 spiro atoms. The maximum Gasteiger partial charge on any atom is 0.257 e. The molecular formula is C17H19N5O2. The molecule has 24 heavy (non-hydrogen) atoms. The largest absolute Gasteiger partial charge is 0.472 e. The fourth-order valence-corrected chi connectivity index (χ4v) is 2.84. The number of likely N-dealkylation sites (tertiary alicyclic amines) is 1. The van der Waals surface area contributed by atoms with Crippen LogP contribution in [0.1, 0.15) is 35.0 Å². The Labute approximate surface area is 140 Å². The van der Waals surface area contributed by atoms with Gasteiger partial charge in [0.2, 0.25) is 5.88 Å². The summed E-state index contributed by atoms with van der Waals surface area (Å²) in [5.41, 5.74) is 1.98. The van der Waals surface area contributed by atoms with Crippen LogP contribution in [0.15, 0.2) is 24.5 Å². The number of carbonyl (C=O) groups is 1. The summed E-state index contributed by atoms with van der Waals surface area (Å²) in [4.78, 5) is 18.6. The van der Waals surface area contributed by atoms with Gasteiger partial charge in [0.15, 0.2) is 0 Å². The molecule has 0 saturated carbocycles. The first-order valence-electron chi connectivity index (χ1n) is 7.95. The van der Waals surface area contributed by atoms with E-state index in [1.165, 1.54) is 6.20 Å². The summed E-state index contributed by atoms with van der Waals surface area (Å²) in [6.07, 6.45) is 4.66. The predicted molar refractivity (Wildman–Crippen MR) is 86.5 cm³/mol. The van der Waals surface area contributed by atoms with Gasteiger partial charge in [0.05, 0.1) is 23.4 Å². The van der Waals surface area contributed by atoms with E-state index in [9.17, 15) is 4.79 Å². The summed E-state index contributed by atoms with van der Waals surface area (Å²) in [6.45, 7) is 3.17. The summed E-state index contributed by atoms with van der Waals surface area (Å²) >= 11 is 0. The van der Waals surface area contributed by atoms with Gasteiger partial charge in [-0.15, -0.1) is 0 Å². The number of nitrogens with zero attached hydrogens (tertiary/aromatic N) is 5. The van der Waals surface area contributed by atoms with Crippen LogP contribution in [0.4, 0.5) is 0 Å². The lowest BCUT2D eigenvalue weighted by molar-refractivity contribution is 0.0770. The van der Waals surface area contributed by atoms with Gasteiger partial charge in [-0.3, -0.25) is 9.48 Å². The van der Waals surface area contributed by atoms with E-state index >= 15 is 0 Å². The molecule has 0 aliphatic carbocycles. The van der Waals surface area contributed by atoms with Gasteiger partial charge >= 0.3 is 0 Å². The molecule has 1 aliphatic rings. The Kier molecular flexibility index (Phi) is 4.47. The van der Waals surface area contributed by atoms with Crippen molar-refractivity contribution in [2.24, 2.45) is 7.05 Å². The number of pyridine rings is 1. The first-order valence-corrected chi connectivity index (χ1v) is 7.95. The Morgan fingerprint density at radius 2 is 2.33 bits per heavy atom. The molecule has 3 heterocycles. The van der Waals surface area contributed by atoms with Crippen LogP contribution in [-0.4, -0.2) is 44.8 Å². The van der Waals surface area contributed by atoms with Crippen LogP contribution in [-0.2, 0) is 13.5 Å². The SMILES string of the molecule is CCc1nn(C)cc1C(=O)N1CCC(Oc2ccc(C#N)cn2)C1. The van der Waals surface area contributed by atoms with Gasteiger partial charge in [0, 0.05) is 38.5 Å². The van der Waals surface area contributed by atoms with Gasteiger partial charge in [-0.25, -0.2) is 4.98 Å². The van der Waals surface area contributed by atoms with Gasteiger partial charge in [0.1, 0.15) is 12.2 Å². The highest BCUT2D eigenvalue weighted by molar-refractivity contribution is 5.95. The number of rotatable bonds is 4. The minimum absolute atomic E-state index is 0.00108. The van der Waals surface area contributed by atoms with Crippen molar-refractivity contribution in [1.29, 1.82) is 5.26 Å². The number of hydrogen-bond donors (Lipinski definition) is 0. The smallest absolute Gasteiger partial charge is 0.257 e. The van der Waals surface area contributed by atoms with Crippen LogP contribution in [0.25, 0.3) is 0 Å².